The number of thioether (sulfide) groups is 1. The fourth-order valence-corrected chi connectivity index (χ4v) is 5.17. The highest BCUT2D eigenvalue weighted by Crippen LogP contribution is 2.09. The number of primary amides is 2. The molecular formula is C31H56N12O12S. The van der Waals surface area contributed by atoms with E-state index in [-0.39, 0.29) is 37.7 Å². The average molecular weight is 821 g/mol. The number of aliphatic hydroxyl groups excluding tert-OH is 2. The van der Waals surface area contributed by atoms with E-state index in [1.54, 1.807) is 20.1 Å². The summed E-state index contributed by atoms with van der Waals surface area (Å²) in [6.07, 6.45) is 0.643. The van der Waals surface area contributed by atoms with E-state index in [2.05, 4.69) is 31.6 Å². The summed E-state index contributed by atoms with van der Waals surface area (Å²) in [5.74, 6) is -9.93. The molecule has 25 heteroatoms. The van der Waals surface area contributed by atoms with Gasteiger partial charge < -0.3 is 75.9 Å². The Morgan fingerprint density at radius 2 is 1.02 bits per heavy atom. The Morgan fingerprint density at radius 1 is 0.607 bits per heavy atom. The fourth-order valence-electron chi connectivity index (χ4n) is 4.70. The van der Waals surface area contributed by atoms with Crippen LogP contribution in [0.5, 0.6) is 0 Å². The van der Waals surface area contributed by atoms with Crippen molar-refractivity contribution in [2.45, 2.75) is 94.7 Å². The van der Waals surface area contributed by atoms with Crippen LogP contribution in [-0.2, 0) is 43.2 Å². The number of hydrogen-bond acceptors (Lipinski definition) is 14. The maximum absolute atomic E-state index is 13.4. The summed E-state index contributed by atoms with van der Waals surface area (Å²) < 4.78 is 0. The molecule has 0 aliphatic carbocycles. The van der Waals surface area contributed by atoms with Crippen LogP contribution in [0.15, 0.2) is 4.99 Å². The van der Waals surface area contributed by atoms with Crippen molar-refractivity contribution in [3.63, 3.8) is 0 Å². The number of carbonyl (C=O) groups excluding carboxylic acids is 8. The monoisotopic (exact) mass is 820 g/mol. The highest BCUT2D eigenvalue weighted by atomic mass is 32.2. The molecule has 0 spiro atoms. The van der Waals surface area contributed by atoms with Crippen LogP contribution < -0.4 is 60.6 Å². The van der Waals surface area contributed by atoms with Crippen LogP contribution in [0.3, 0.4) is 0 Å². The number of aliphatic hydroxyl groups is 2. The maximum atomic E-state index is 13.4. The van der Waals surface area contributed by atoms with Crippen molar-refractivity contribution in [3.8, 4) is 0 Å². The van der Waals surface area contributed by atoms with E-state index < -0.39 is 122 Å². The summed E-state index contributed by atoms with van der Waals surface area (Å²) in [5, 5.41) is 41.9. The molecule has 7 atom stereocenters. The van der Waals surface area contributed by atoms with Gasteiger partial charge in [0.1, 0.15) is 36.3 Å². The molecule has 0 aromatic heterocycles. The lowest BCUT2D eigenvalue weighted by atomic mass is 10.0. The van der Waals surface area contributed by atoms with Gasteiger partial charge in [-0.05, 0) is 43.6 Å². The van der Waals surface area contributed by atoms with Gasteiger partial charge in [0.15, 0.2) is 5.96 Å². The van der Waals surface area contributed by atoms with E-state index in [1.807, 2.05) is 5.32 Å². The first-order chi connectivity index (χ1) is 26.2. The van der Waals surface area contributed by atoms with Gasteiger partial charge in [-0.1, -0.05) is 13.8 Å². The number of guanidine groups is 1. The second-order valence-electron chi connectivity index (χ2n) is 12.9. The first-order valence-electron chi connectivity index (χ1n) is 17.3. The Kier molecular flexibility index (Phi) is 24.0. The van der Waals surface area contributed by atoms with Gasteiger partial charge in [-0.15, -0.1) is 0 Å². The second kappa shape index (κ2) is 26.5. The molecule has 0 saturated heterocycles. The van der Waals surface area contributed by atoms with E-state index in [9.17, 15) is 53.4 Å². The number of aliphatic carboxylic acids is 1. The van der Waals surface area contributed by atoms with Gasteiger partial charge in [0.25, 0.3) is 0 Å². The van der Waals surface area contributed by atoms with E-state index in [1.165, 1.54) is 11.8 Å². The van der Waals surface area contributed by atoms with E-state index in [0.29, 0.717) is 12.2 Å². The summed E-state index contributed by atoms with van der Waals surface area (Å²) in [6, 6.07) is -10.8. The second-order valence-corrected chi connectivity index (χ2v) is 13.9. The van der Waals surface area contributed by atoms with Gasteiger partial charge in [-0.2, -0.15) is 11.8 Å². The fraction of sp³-hybridized carbons (Fsp3) is 0.677. The van der Waals surface area contributed by atoms with Crippen LogP contribution in [0.25, 0.3) is 0 Å². The van der Waals surface area contributed by atoms with Crippen LogP contribution in [-0.4, -0.2) is 149 Å². The van der Waals surface area contributed by atoms with Gasteiger partial charge in [0.2, 0.25) is 47.3 Å². The number of nitrogens with one attached hydrogen (secondary N) is 6. The molecule has 19 N–H and O–H groups in total. The lowest BCUT2D eigenvalue weighted by Crippen LogP contribution is -2.61. The molecule has 0 aromatic carbocycles. The third-order valence-electron chi connectivity index (χ3n) is 7.58. The van der Waals surface area contributed by atoms with Gasteiger partial charge in [-0.25, -0.2) is 4.79 Å². The van der Waals surface area contributed by atoms with Crippen molar-refractivity contribution >= 4 is 70.9 Å². The van der Waals surface area contributed by atoms with Crippen molar-refractivity contribution in [2.24, 2.45) is 39.6 Å². The minimum absolute atomic E-state index is 0.0920. The van der Waals surface area contributed by atoms with Crippen molar-refractivity contribution in [1.82, 2.24) is 31.9 Å². The lowest BCUT2D eigenvalue weighted by Gasteiger charge is -2.27. The molecule has 0 rings (SSSR count). The highest BCUT2D eigenvalue weighted by Gasteiger charge is 2.34. The molecule has 0 radical (unpaired) electrons. The number of amides is 8. The Morgan fingerprint density at radius 3 is 1.45 bits per heavy atom. The van der Waals surface area contributed by atoms with Crippen molar-refractivity contribution < 1.29 is 58.5 Å². The molecule has 0 bridgehead atoms. The molecule has 24 nitrogen and oxygen atoms in total. The molecule has 0 heterocycles. The predicted octanol–water partition coefficient (Wildman–Crippen LogP) is -7.10. The number of aliphatic imine (C=N–C) groups is 1. The number of nitrogens with two attached hydrogens (primary N) is 5. The number of carboxylic acids is 1. The Hall–Kier alpha value is -5.27. The molecule has 0 aliphatic rings. The predicted molar refractivity (Wildman–Crippen MR) is 201 cm³/mol. The molecule has 56 heavy (non-hydrogen) atoms. The number of hydrogen-bond donors (Lipinski definition) is 14. The molecule has 0 aromatic rings. The minimum atomic E-state index is -1.79. The quantitative estimate of drug-likeness (QED) is 0.0198. The standard InChI is InChI=1S/C31H56N12O12S/c1-14(2)9-17(26(50)40-19(11-23(34)47)28(52)43-21(13-45)30(54)55)39-27(51)18(10-22(33)46)41-29(53)20(12-44)42-25(49)16(6-8-56-3)38-24(48)15(32)5-4-7-37-31(35)36/h14-21,44-45H,4-13,32H2,1-3H3,(H2,33,46)(H2,34,47)(H,38,48)(H,39,51)(H,40,50)(H,41,53)(H,42,49)(H,43,52)(H,54,55)(H4,35,36,37)/t15-,16-,17-,18-,19-,20-,21-/m0/s1. The minimum Gasteiger partial charge on any atom is -0.480 e. The van der Waals surface area contributed by atoms with Crippen LogP contribution >= 0.6 is 11.8 Å². The zero-order valence-electron chi connectivity index (χ0n) is 31.4. The third kappa shape index (κ3) is 20.4. The first-order valence-corrected chi connectivity index (χ1v) is 18.7. The molecule has 0 saturated carbocycles. The van der Waals surface area contributed by atoms with Gasteiger partial charge >= 0.3 is 5.97 Å². The molecule has 8 amide bonds. The van der Waals surface area contributed by atoms with Crippen LogP contribution in [0.2, 0.25) is 0 Å². The number of carboxylic acid groups (broad SMARTS) is 1. The number of rotatable bonds is 28. The zero-order chi connectivity index (χ0) is 43.1. The summed E-state index contributed by atoms with van der Waals surface area (Å²) in [6.45, 7) is 1.51. The summed E-state index contributed by atoms with van der Waals surface area (Å²) >= 11 is 1.35. The van der Waals surface area contributed by atoms with Crippen LogP contribution in [0.4, 0.5) is 0 Å². The van der Waals surface area contributed by atoms with Crippen molar-refractivity contribution in [1.29, 1.82) is 0 Å². The third-order valence-corrected chi connectivity index (χ3v) is 8.22. The average Bonchev–Trinajstić information content (AvgIpc) is 3.10. The topological polar surface area (TPSA) is 429 Å². The van der Waals surface area contributed by atoms with Gasteiger partial charge in [-0.3, -0.25) is 43.3 Å². The molecular weight excluding hydrogens is 764 g/mol. The Balaban J connectivity index is 6.04. The van der Waals surface area contributed by atoms with Gasteiger partial charge in [0.05, 0.1) is 32.1 Å². The van der Waals surface area contributed by atoms with E-state index >= 15 is 0 Å². The van der Waals surface area contributed by atoms with E-state index in [4.69, 9.17) is 33.8 Å². The van der Waals surface area contributed by atoms with Crippen molar-refractivity contribution in [2.75, 3.05) is 31.8 Å². The SMILES string of the molecule is CSCC[C@H](NC(=O)[C@@H](N)CCCN=C(N)N)C(=O)N[C@@H](CO)C(=O)N[C@@H](CC(N)=O)C(=O)N[C@@H](CC(C)C)C(=O)N[C@@H](CC(N)=O)C(=O)N[C@@H](CO)C(=O)O. The highest BCUT2D eigenvalue weighted by molar-refractivity contribution is 7.98. The zero-order valence-corrected chi connectivity index (χ0v) is 32.3. The summed E-state index contributed by atoms with van der Waals surface area (Å²) in [7, 11) is 0. The number of carbonyl (C=O) groups is 9. The largest absolute Gasteiger partial charge is 0.480 e. The maximum Gasteiger partial charge on any atom is 0.328 e. The summed E-state index contributed by atoms with van der Waals surface area (Å²) in [4.78, 5) is 117. The smallest absolute Gasteiger partial charge is 0.328 e. The molecule has 0 unspecified atom stereocenters. The first kappa shape index (κ1) is 50.7. The normalized spacial score (nSPS) is 14.6. The lowest BCUT2D eigenvalue weighted by molar-refractivity contribution is -0.143. The van der Waals surface area contributed by atoms with E-state index in [0.717, 1.165) is 0 Å². The Labute approximate surface area is 327 Å². The Bertz CT molecular complexity index is 1420. The molecule has 0 aliphatic heterocycles. The van der Waals surface area contributed by atoms with Crippen LogP contribution in [0.1, 0.15) is 52.4 Å². The number of nitrogens with zero attached hydrogens (tertiary/aromatic N) is 1. The van der Waals surface area contributed by atoms with Crippen molar-refractivity contribution in [3.05, 3.63) is 0 Å². The molecule has 318 valence electrons. The summed E-state index contributed by atoms with van der Waals surface area (Å²) in [5.41, 5.74) is 27.0. The molecule has 0 fully saturated rings. The van der Waals surface area contributed by atoms with Crippen LogP contribution in [0, 0.1) is 5.92 Å². The van der Waals surface area contributed by atoms with Gasteiger partial charge in [0, 0.05) is 6.54 Å².